The molecular weight excluding hydrogens is 704 g/mol. The molecule has 38 heavy (non-hydrogen) atoms. The Balaban J connectivity index is 7.29. The van der Waals surface area contributed by atoms with Gasteiger partial charge in [-0.3, -0.25) is 0 Å². The third kappa shape index (κ3) is 4.35. The van der Waals surface area contributed by atoms with Gasteiger partial charge in [-0.15, -0.1) is 33.2 Å². The van der Waals surface area contributed by atoms with Gasteiger partial charge in [0.1, 0.15) is 0 Å². The molecule has 0 aromatic carbocycles. The molecule has 0 nitrogen and oxygen atoms in total. The molecule has 230 valence electrons. The van der Waals surface area contributed by atoms with E-state index in [0.29, 0.717) is 0 Å². The second kappa shape index (κ2) is 8.99. The largest absolute Gasteiger partial charge is 0.460 e. The molecule has 0 aliphatic carbocycles. The zero-order valence-corrected chi connectivity index (χ0v) is 19.1. The van der Waals surface area contributed by atoms with Crippen LogP contribution in [0.4, 0.5) is 101 Å². The molecule has 0 aromatic heterocycles. The summed E-state index contributed by atoms with van der Waals surface area (Å²) in [6.45, 7) is 0. The molecule has 0 fully saturated rings. The molecular formula is C11Cl3F23Si. The van der Waals surface area contributed by atoms with Crippen molar-refractivity contribution in [1.82, 2.24) is 0 Å². The number of hydrogen-bond acceptors (Lipinski definition) is 0. The summed E-state index contributed by atoms with van der Waals surface area (Å²) in [4.78, 5) is 0. The Morgan fingerprint density at radius 3 is 0.579 bits per heavy atom. The van der Waals surface area contributed by atoms with E-state index >= 15 is 0 Å². The predicted molar refractivity (Wildman–Crippen MR) is 78.8 cm³/mol. The van der Waals surface area contributed by atoms with Gasteiger partial charge in [0.15, 0.2) is 0 Å². The molecule has 0 heterocycles. The van der Waals surface area contributed by atoms with Gasteiger partial charge in [0.2, 0.25) is 0 Å². The average molecular weight is 704 g/mol. The Bertz CT molecular complexity index is 810. The molecule has 27 heteroatoms. The minimum atomic E-state index is -9.45. The molecule has 0 aromatic rings. The Hall–Kier alpha value is -0.523. The van der Waals surface area contributed by atoms with Gasteiger partial charge >= 0.3 is 71.0 Å². The fourth-order valence-corrected chi connectivity index (χ4v) is 3.51. The normalized spacial score (nSPS) is 17.2. The van der Waals surface area contributed by atoms with Crippen LogP contribution >= 0.6 is 33.2 Å². The Morgan fingerprint density at radius 1 is 0.263 bits per heavy atom. The van der Waals surface area contributed by atoms with Gasteiger partial charge in [0.25, 0.3) is 0 Å². The van der Waals surface area contributed by atoms with Gasteiger partial charge in [0, 0.05) is 0 Å². The van der Waals surface area contributed by atoms with Gasteiger partial charge in [-0.25, -0.2) is 0 Å². The van der Waals surface area contributed by atoms with E-state index in [4.69, 9.17) is 0 Å². The molecule has 0 spiro atoms. The van der Waals surface area contributed by atoms with Crippen molar-refractivity contribution in [2.24, 2.45) is 0 Å². The van der Waals surface area contributed by atoms with Crippen molar-refractivity contribution < 1.29 is 101 Å². The molecule has 0 rings (SSSR count). The summed E-state index contributed by atoms with van der Waals surface area (Å²) in [5, 5.41) is 0. The fourth-order valence-electron chi connectivity index (χ4n) is 1.93. The molecule has 0 bridgehead atoms. The van der Waals surface area contributed by atoms with Gasteiger partial charge in [-0.1, -0.05) is 0 Å². The lowest BCUT2D eigenvalue weighted by atomic mass is 9.86. The first-order valence-electron chi connectivity index (χ1n) is 7.66. The molecule has 0 radical (unpaired) electrons. The lowest BCUT2D eigenvalue weighted by molar-refractivity contribution is -0.477. The van der Waals surface area contributed by atoms with Crippen LogP contribution < -0.4 is 0 Å². The van der Waals surface area contributed by atoms with Crippen LogP contribution in [0.5, 0.6) is 0 Å². The monoisotopic (exact) mass is 702 g/mol. The molecule has 0 atom stereocenters. The van der Waals surface area contributed by atoms with E-state index in [-0.39, 0.29) is 0 Å². The Kier molecular flexibility index (Phi) is 8.86. The van der Waals surface area contributed by atoms with Crippen molar-refractivity contribution in [3.05, 3.63) is 0 Å². The first-order valence-corrected chi connectivity index (χ1v) is 12.7. The highest BCUT2D eigenvalue weighted by Crippen LogP contribution is 2.67. The van der Waals surface area contributed by atoms with Crippen LogP contribution in [-0.2, 0) is 0 Å². The van der Waals surface area contributed by atoms with E-state index in [2.05, 4.69) is 33.2 Å². The molecule has 0 aliphatic heterocycles. The van der Waals surface area contributed by atoms with Gasteiger partial charge in [-0.05, 0) is 0 Å². The quantitative estimate of drug-likeness (QED) is 0.121. The highest BCUT2D eigenvalue weighted by Gasteiger charge is 2.99. The zero-order valence-electron chi connectivity index (χ0n) is 15.8. The third-order valence-electron chi connectivity index (χ3n) is 4.26. The number of rotatable bonds is 10. The van der Waals surface area contributed by atoms with Crippen molar-refractivity contribution in [1.29, 1.82) is 0 Å². The number of halogens is 26. The van der Waals surface area contributed by atoms with Crippen LogP contribution in [0.2, 0.25) is 0 Å². The van der Waals surface area contributed by atoms with Crippen molar-refractivity contribution >= 4 is 39.2 Å². The summed E-state index contributed by atoms with van der Waals surface area (Å²) < 4.78 is 302. The minimum Gasteiger partial charge on any atom is -0.200 e. The summed E-state index contributed by atoms with van der Waals surface area (Å²) in [6.07, 6.45) is -8.11. The van der Waals surface area contributed by atoms with Crippen LogP contribution in [-0.4, -0.2) is 71.0 Å². The van der Waals surface area contributed by atoms with E-state index in [1.54, 1.807) is 0 Å². The summed E-state index contributed by atoms with van der Waals surface area (Å²) in [6, 6.07) is -6.91. The lowest BCUT2D eigenvalue weighted by Crippen LogP contribution is -2.78. The summed E-state index contributed by atoms with van der Waals surface area (Å²) in [5.74, 6) is -81.5. The molecule has 0 N–H and O–H groups in total. The highest BCUT2D eigenvalue weighted by atomic mass is 35.8. The third-order valence-corrected chi connectivity index (χ3v) is 7.42. The maximum absolute atomic E-state index is 13.5. The second-order valence-corrected chi connectivity index (χ2v) is 15.2. The molecule has 0 amide bonds. The van der Waals surface area contributed by atoms with E-state index in [1.807, 2.05) is 0 Å². The zero-order chi connectivity index (χ0) is 32.0. The first kappa shape index (κ1) is 37.5. The maximum Gasteiger partial charge on any atom is 0.460 e. The smallest absolute Gasteiger partial charge is 0.200 e. The summed E-state index contributed by atoms with van der Waals surface area (Å²) >= 11 is 12.6. The Morgan fingerprint density at radius 2 is 0.421 bits per heavy atom. The SMILES string of the molecule is FC(F)(F)C(F)(F)C(F)(F)C(F)(F)C(F)(F)C(F)(F)C(F)(F)C(F)(F)C(F)(F)C(F)(F)C(F)(F)[Si](Cl)(Cl)Cl. The lowest BCUT2D eigenvalue weighted by Gasteiger charge is -2.45. The number of hydrogen-bond donors (Lipinski definition) is 0. The molecule has 0 aliphatic rings. The molecule has 0 saturated carbocycles. The summed E-state index contributed by atoms with van der Waals surface area (Å²) in [5.41, 5.74) is -7.24. The van der Waals surface area contributed by atoms with Crippen molar-refractivity contribution in [2.45, 2.75) is 65.0 Å². The molecule has 0 unspecified atom stereocenters. The molecule has 0 saturated heterocycles. The van der Waals surface area contributed by atoms with Crippen LogP contribution in [0.3, 0.4) is 0 Å². The number of alkyl halides is 23. The van der Waals surface area contributed by atoms with Crippen molar-refractivity contribution in [2.75, 3.05) is 0 Å². The van der Waals surface area contributed by atoms with Crippen LogP contribution in [0, 0.1) is 0 Å². The minimum absolute atomic E-state index is 4.19. The topological polar surface area (TPSA) is 0 Å². The van der Waals surface area contributed by atoms with Crippen molar-refractivity contribution in [3.8, 4) is 0 Å². The van der Waals surface area contributed by atoms with E-state index in [0.717, 1.165) is 0 Å². The van der Waals surface area contributed by atoms with Crippen LogP contribution in [0.25, 0.3) is 0 Å². The highest BCUT2D eigenvalue weighted by molar-refractivity contribution is 7.65. The fraction of sp³-hybridized carbons (Fsp3) is 1.00. The predicted octanol–water partition coefficient (Wildman–Crippen LogP) is 9.10. The standard InChI is InChI=1S/C11Cl3F23Si/c12-38(13,14)11(36,37)9(31,32)7(27,28)5(23,24)3(19,20)1(15,16)2(17,18)4(21,22)6(25,26)8(29,30)10(33,34)35. The van der Waals surface area contributed by atoms with E-state index < -0.39 is 71.0 Å². The van der Waals surface area contributed by atoms with Crippen LogP contribution in [0.15, 0.2) is 0 Å². The summed E-state index contributed by atoms with van der Waals surface area (Å²) in [7, 11) is 0. The van der Waals surface area contributed by atoms with E-state index in [1.165, 1.54) is 0 Å². The average Bonchev–Trinajstić information content (AvgIpc) is 2.64. The van der Waals surface area contributed by atoms with Gasteiger partial charge < -0.3 is 0 Å². The van der Waals surface area contributed by atoms with Crippen LogP contribution in [0.1, 0.15) is 0 Å². The maximum atomic E-state index is 13.5. The van der Waals surface area contributed by atoms with Gasteiger partial charge in [0.05, 0.1) is 0 Å². The first-order chi connectivity index (χ1) is 15.8. The van der Waals surface area contributed by atoms with Gasteiger partial charge in [-0.2, -0.15) is 101 Å². The second-order valence-electron chi connectivity index (χ2n) is 6.74. The van der Waals surface area contributed by atoms with E-state index in [9.17, 15) is 101 Å². The Labute approximate surface area is 206 Å². The van der Waals surface area contributed by atoms with Crippen molar-refractivity contribution in [3.63, 3.8) is 0 Å².